The van der Waals surface area contributed by atoms with Crippen LogP contribution in [0.5, 0.6) is 0 Å². The molecule has 2 amide bonds. The number of fused-ring (bicyclic) bond motifs is 1. The van der Waals surface area contributed by atoms with Crippen molar-refractivity contribution in [3.05, 3.63) is 28.7 Å². The van der Waals surface area contributed by atoms with E-state index in [4.69, 9.17) is 4.74 Å². The van der Waals surface area contributed by atoms with Crippen LogP contribution in [0, 0.1) is 19.3 Å². The van der Waals surface area contributed by atoms with Gasteiger partial charge >= 0.3 is 0 Å². The molecule has 1 fully saturated rings. The van der Waals surface area contributed by atoms with E-state index in [0.29, 0.717) is 32.5 Å². The van der Waals surface area contributed by atoms with E-state index >= 15 is 0 Å². The molecule has 7 nitrogen and oxygen atoms in total. The highest BCUT2D eigenvalue weighted by molar-refractivity contribution is 5.91. The molecule has 26 heavy (non-hydrogen) atoms. The van der Waals surface area contributed by atoms with E-state index in [-0.39, 0.29) is 11.8 Å². The number of carbonyl (C=O) groups is 2. The normalized spacial score (nSPS) is 22.8. The highest BCUT2D eigenvalue weighted by atomic mass is 16.5. The van der Waals surface area contributed by atoms with Crippen molar-refractivity contribution >= 4 is 11.8 Å². The maximum Gasteiger partial charge on any atom is 0.232 e. The molecule has 2 heterocycles. The van der Waals surface area contributed by atoms with Crippen molar-refractivity contribution in [3.63, 3.8) is 0 Å². The van der Waals surface area contributed by atoms with E-state index in [9.17, 15) is 9.59 Å². The summed E-state index contributed by atoms with van der Waals surface area (Å²) in [5.74, 6) is 0.0958. The number of methoxy groups -OCH3 is 1. The lowest BCUT2D eigenvalue weighted by atomic mass is 9.69. The first-order valence-corrected chi connectivity index (χ1v) is 9.28. The van der Waals surface area contributed by atoms with Crippen LogP contribution in [0.3, 0.4) is 0 Å². The van der Waals surface area contributed by atoms with Gasteiger partial charge in [-0.2, -0.15) is 5.10 Å². The van der Waals surface area contributed by atoms with Gasteiger partial charge in [0.2, 0.25) is 11.8 Å². The number of H-pyrrole nitrogens is 1. The zero-order valence-electron chi connectivity index (χ0n) is 15.9. The molecular formula is C19H28N4O3. The van der Waals surface area contributed by atoms with Crippen molar-refractivity contribution in [1.29, 1.82) is 0 Å². The average molecular weight is 360 g/mol. The molecule has 1 aromatic heterocycles. The predicted molar refractivity (Wildman–Crippen MR) is 97.1 cm³/mol. The number of carbonyl (C=O) groups excluding carboxylic acids is 2. The lowest BCUT2D eigenvalue weighted by Crippen LogP contribution is -2.53. The molecule has 0 aromatic carbocycles. The number of piperidine rings is 1. The summed E-state index contributed by atoms with van der Waals surface area (Å²) in [6.07, 6.45) is 5.71. The van der Waals surface area contributed by atoms with Crippen molar-refractivity contribution in [2.24, 2.45) is 5.41 Å². The summed E-state index contributed by atoms with van der Waals surface area (Å²) >= 11 is 0. The van der Waals surface area contributed by atoms with Gasteiger partial charge in [-0.25, -0.2) is 0 Å². The second-order valence-corrected chi connectivity index (χ2v) is 7.20. The van der Waals surface area contributed by atoms with Gasteiger partial charge in [-0.3, -0.25) is 14.7 Å². The van der Waals surface area contributed by atoms with Crippen LogP contribution in [-0.4, -0.2) is 47.2 Å². The largest absolute Gasteiger partial charge is 0.383 e. The van der Waals surface area contributed by atoms with Gasteiger partial charge in [-0.05, 0) is 39.5 Å². The monoisotopic (exact) mass is 360 g/mol. The number of ether oxygens (including phenoxy) is 1. The fourth-order valence-corrected chi connectivity index (χ4v) is 4.12. The molecule has 2 aliphatic rings. The van der Waals surface area contributed by atoms with E-state index in [1.54, 1.807) is 12.0 Å². The van der Waals surface area contributed by atoms with E-state index in [1.165, 1.54) is 0 Å². The molecule has 7 heteroatoms. The third-order valence-corrected chi connectivity index (χ3v) is 5.65. The molecule has 1 aromatic rings. The summed E-state index contributed by atoms with van der Waals surface area (Å²) in [5.41, 5.74) is 3.17. The van der Waals surface area contributed by atoms with Crippen LogP contribution in [0.4, 0.5) is 0 Å². The van der Waals surface area contributed by atoms with E-state index in [2.05, 4.69) is 21.6 Å². The van der Waals surface area contributed by atoms with Crippen molar-refractivity contribution < 1.29 is 14.3 Å². The number of likely N-dealkylation sites (tertiary alicyclic amines) is 1. The Morgan fingerprint density at radius 2 is 2.23 bits per heavy atom. The third kappa shape index (κ3) is 3.28. The Labute approximate surface area is 154 Å². The molecule has 1 atom stereocenters. The van der Waals surface area contributed by atoms with E-state index in [0.717, 1.165) is 41.9 Å². The highest BCUT2D eigenvalue weighted by Gasteiger charge is 2.49. The molecule has 3 rings (SSSR count). The van der Waals surface area contributed by atoms with Crippen LogP contribution >= 0.6 is 0 Å². The zero-order chi connectivity index (χ0) is 18.7. The third-order valence-electron chi connectivity index (χ3n) is 5.65. The van der Waals surface area contributed by atoms with Crippen molar-refractivity contribution in [2.45, 2.75) is 52.5 Å². The summed E-state index contributed by atoms with van der Waals surface area (Å²) in [6.45, 7) is 5.30. The molecule has 0 saturated carbocycles. The first-order valence-electron chi connectivity index (χ1n) is 9.28. The summed E-state index contributed by atoms with van der Waals surface area (Å²) in [6, 6.07) is 0. The Morgan fingerprint density at radius 3 is 2.92 bits per heavy atom. The molecule has 1 aliphatic heterocycles. The number of rotatable bonds is 6. The topological polar surface area (TPSA) is 87.3 Å². The number of aryl methyl sites for hydroxylation is 2. The molecule has 0 spiro atoms. The van der Waals surface area contributed by atoms with Gasteiger partial charge in [0.25, 0.3) is 0 Å². The number of nitrogens with one attached hydrogen (secondary N) is 2. The lowest BCUT2D eigenvalue weighted by Gasteiger charge is -2.46. The number of amides is 2. The molecular weight excluding hydrogens is 332 g/mol. The van der Waals surface area contributed by atoms with E-state index in [1.807, 2.05) is 13.8 Å². The highest BCUT2D eigenvalue weighted by Crippen LogP contribution is 2.46. The number of allylic oxidation sites excluding steroid dienone is 1. The Kier molecular flexibility index (Phi) is 5.46. The second kappa shape index (κ2) is 7.61. The maximum absolute atomic E-state index is 13.2. The number of aromatic amines is 1. The average Bonchev–Trinajstić information content (AvgIpc) is 2.97. The van der Waals surface area contributed by atoms with Crippen LogP contribution in [0.15, 0.2) is 11.8 Å². The SMILES string of the molecule is COCCN1C(=O)CCC2(C(=O)NCc3c(C)n[nH]c3C)CCCC=C12. The summed E-state index contributed by atoms with van der Waals surface area (Å²) in [4.78, 5) is 27.4. The first-order chi connectivity index (χ1) is 12.5. The van der Waals surface area contributed by atoms with Gasteiger partial charge in [-0.1, -0.05) is 6.08 Å². The van der Waals surface area contributed by atoms with Crippen LogP contribution < -0.4 is 5.32 Å². The fourth-order valence-electron chi connectivity index (χ4n) is 4.12. The Hall–Kier alpha value is -2.15. The van der Waals surface area contributed by atoms with Crippen LogP contribution in [-0.2, 0) is 20.9 Å². The van der Waals surface area contributed by atoms with Crippen LogP contribution in [0.1, 0.15) is 49.1 Å². The van der Waals surface area contributed by atoms with Crippen LogP contribution in [0.25, 0.3) is 0 Å². The minimum absolute atomic E-state index is 0.0124. The minimum atomic E-state index is -0.606. The molecule has 1 saturated heterocycles. The molecule has 0 bridgehead atoms. The predicted octanol–water partition coefficient (Wildman–Crippen LogP) is 1.97. The Bertz CT molecular complexity index is 705. The quantitative estimate of drug-likeness (QED) is 0.812. The Balaban J connectivity index is 1.81. The summed E-state index contributed by atoms with van der Waals surface area (Å²) in [7, 11) is 1.62. The molecule has 142 valence electrons. The fraction of sp³-hybridized carbons (Fsp3) is 0.632. The van der Waals surface area contributed by atoms with Gasteiger partial charge in [0.15, 0.2) is 0 Å². The van der Waals surface area contributed by atoms with E-state index < -0.39 is 5.41 Å². The molecule has 0 radical (unpaired) electrons. The smallest absolute Gasteiger partial charge is 0.232 e. The van der Waals surface area contributed by atoms with Gasteiger partial charge in [-0.15, -0.1) is 0 Å². The summed E-state index contributed by atoms with van der Waals surface area (Å²) in [5, 5.41) is 10.2. The molecule has 1 unspecified atom stereocenters. The van der Waals surface area contributed by atoms with Crippen molar-refractivity contribution in [2.75, 3.05) is 20.3 Å². The van der Waals surface area contributed by atoms with Gasteiger partial charge in [0, 0.05) is 43.6 Å². The number of aromatic nitrogens is 2. The van der Waals surface area contributed by atoms with Crippen molar-refractivity contribution in [1.82, 2.24) is 20.4 Å². The summed E-state index contributed by atoms with van der Waals surface area (Å²) < 4.78 is 5.16. The number of nitrogens with zero attached hydrogens (tertiary/aromatic N) is 2. The zero-order valence-corrected chi connectivity index (χ0v) is 15.9. The maximum atomic E-state index is 13.2. The minimum Gasteiger partial charge on any atom is -0.383 e. The Morgan fingerprint density at radius 1 is 1.42 bits per heavy atom. The second-order valence-electron chi connectivity index (χ2n) is 7.20. The van der Waals surface area contributed by atoms with Gasteiger partial charge < -0.3 is 15.0 Å². The lowest BCUT2D eigenvalue weighted by molar-refractivity contribution is -0.141. The molecule has 2 N–H and O–H groups in total. The molecule has 1 aliphatic carbocycles. The first kappa shape index (κ1) is 18.6. The van der Waals surface area contributed by atoms with Crippen LogP contribution in [0.2, 0.25) is 0 Å². The number of hydrogen-bond donors (Lipinski definition) is 2. The van der Waals surface area contributed by atoms with Crippen molar-refractivity contribution in [3.8, 4) is 0 Å². The standard InChI is InChI=1S/C19H28N4O3/c1-13-15(14(2)22-21-13)12-20-18(25)19-8-5-4-6-16(19)23(10-11-26-3)17(24)7-9-19/h6H,4-5,7-12H2,1-3H3,(H,20,25)(H,21,22). The number of hydrogen-bond acceptors (Lipinski definition) is 4. The van der Waals surface area contributed by atoms with Gasteiger partial charge in [0.05, 0.1) is 17.7 Å². The van der Waals surface area contributed by atoms with Gasteiger partial charge in [0.1, 0.15) is 0 Å².